The van der Waals surface area contributed by atoms with Crippen LogP contribution in [0.25, 0.3) is 0 Å². The van der Waals surface area contributed by atoms with E-state index in [1.807, 2.05) is 36.9 Å². The first-order valence-corrected chi connectivity index (χ1v) is 6.43. The molecule has 0 saturated heterocycles. The molecule has 0 aromatic carbocycles. The van der Waals surface area contributed by atoms with Crippen LogP contribution < -0.4 is 10.6 Å². The van der Waals surface area contributed by atoms with Crippen LogP contribution in [0.3, 0.4) is 0 Å². The summed E-state index contributed by atoms with van der Waals surface area (Å²) < 4.78 is 7.30. The summed E-state index contributed by atoms with van der Waals surface area (Å²) in [6.07, 6.45) is 5.76. The Balaban J connectivity index is 1.90. The van der Waals surface area contributed by atoms with Gasteiger partial charge in [-0.25, -0.2) is 4.99 Å². The van der Waals surface area contributed by atoms with E-state index in [4.69, 9.17) is 4.42 Å². The van der Waals surface area contributed by atoms with Gasteiger partial charge in [-0.05, 0) is 30.7 Å². The van der Waals surface area contributed by atoms with E-state index >= 15 is 0 Å². The van der Waals surface area contributed by atoms with E-state index in [0.29, 0.717) is 13.1 Å². The lowest BCUT2D eigenvalue weighted by Crippen LogP contribution is -2.36. The molecule has 0 aliphatic heterocycles. The second kappa shape index (κ2) is 6.68. The van der Waals surface area contributed by atoms with Crippen molar-refractivity contribution in [3.63, 3.8) is 0 Å². The molecule has 2 heterocycles. The number of aryl methyl sites for hydroxylation is 1. The number of guanidine groups is 1. The minimum absolute atomic E-state index is 0.633. The third-order valence-corrected chi connectivity index (χ3v) is 2.67. The molecule has 0 atom stereocenters. The highest BCUT2D eigenvalue weighted by atomic mass is 16.3. The Bertz CT molecular complexity index is 513. The fourth-order valence-corrected chi connectivity index (χ4v) is 1.75. The summed E-state index contributed by atoms with van der Waals surface area (Å²) in [6.45, 7) is 4.17. The van der Waals surface area contributed by atoms with Crippen LogP contribution in [0.1, 0.15) is 18.2 Å². The zero-order chi connectivity index (χ0) is 13.5. The smallest absolute Gasteiger partial charge is 0.191 e. The Kier molecular flexibility index (Phi) is 4.66. The standard InChI is InChI=1S/C14H20N4O/c1-3-15-14(17-10-13-5-4-8-19-13)16-9-12-6-7-18(2)11-12/h4-8,11H,3,9-10H2,1-2H3,(H2,15,16,17). The van der Waals surface area contributed by atoms with E-state index < -0.39 is 0 Å². The fraction of sp³-hybridized carbons (Fsp3) is 0.357. The molecule has 5 heteroatoms. The molecular formula is C14H20N4O. The van der Waals surface area contributed by atoms with E-state index in [9.17, 15) is 0 Å². The zero-order valence-corrected chi connectivity index (χ0v) is 11.4. The van der Waals surface area contributed by atoms with Gasteiger partial charge < -0.3 is 19.6 Å². The van der Waals surface area contributed by atoms with Crippen LogP contribution in [0.4, 0.5) is 0 Å². The molecule has 102 valence electrons. The van der Waals surface area contributed by atoms with Gasteiger partial charge in [-0.2, -0.15) is 0 Å². The molecule has 0 unspecified atom stereocenters. The highest BCUT2D eigenvalue weighted by Gasteiger charge is 2.00. The van der Waals surface area contributed by atoms with Crippen molar-refractivity contribution in [2.45, 2.75) is 20.0 Å². The van der Waals surface area contributed by atoms with Crippen LogP contribution in [0.5, 0.6) is 0 Å². The van der Waals surface area contributed by atoms with Crippen molar-refractivity contribution in [3.8, 4) is 0 Å². The van der Waals surface area contributed by atoms with Crippen LogP contribution in [0, 0.1) is 0 Å². The van der Waals surface area contributed by atoms with Gasteiger partial charge in [-0.3, -0.25) is 0 Å². The SMILES string of the molecule is CCNC(=NCc1ccn(C)c1)NCc1ccco1. The summed E-state index contributed by atoms with van der Waals surface area (Å²) in [5, 5.41) is 6.45. The summed E-state index contributed by atoms with van der Waals surface area (Å²) >= 11 is 0. The second-order valence-electron chi connectivity index (χ2n) is 4.31. The van der Waals surface area contributed by atoms with Gasteiger partial charge in [0.2, 0.25) is 0 Å². The summed E-state index contributed by atoms with van der Waals surface area (Å²) in [7, 11) is 2.01. The van der Waals surface area contributed by atoms with Gasteiger partial charge in [0.15, 0.2) is 5.96 Å². The predicted molar refractivity (Wildman–Crippen MR) is 75.8 cm³/mol. The number of furan rings is 1. The largest absolute Gasteiger partial charge is 0.467 e. The fourth-order valence-electron chi connectivity index (χ4n) is 1.75. The first-order valence-electron chi connectivity index (χ1n) is 6.43. The quantitative estimate of drug-likeness (QED) is 0.637. The van der Waals surface area contributed by atoms with Crippen LogP contribution in [-0.4, -0.2) is 17.1 Å². The number of rotatable bonds is 5. The molecule has 2 aromatic rings. The average molecular weight is 260 g/mol. The molecule has 0 saturated carbocycles. The molecule has 0 aliphatic carbocycles. The summed E-state index contributed by atoms with van der Waals surface area (Å²) in [5.74, 6) is 1.69. The maximum absolute atomic E-state index is 5.28. The van der Waals surface area contributed by atoms with Gasteiger partial charge >= 0.3 is 0 Å². The molecule has 19 heavy (non-hydrogen) atoms. The lowest BCUT2D eigenvalue weighted by atomic mass is 10.3. The summed E-state index contributed by atoms with van der Waals surface area (Å²) in [5.41, 5.74) is 1.19. The average Bonchev–Trinajstić information content (AvgIpc) is 3.04. The Morgan fingerprint density at radius 2 is 2.26 bits per heavy atom. The number of nitrogens with zero attached hydrogens (tertiary/aromatic N) is 2. The number of hydrogen-bond acceptors (Lipinski definition) is 2. The van der Waals surface area contributed by atoms with Crippen molar-refractivity contribution in [2.24, 2.45) is 12.0 Å². The molecule has 2 aromatic heterocycles. The van der Waals surface area contributed by atoms with Gasteiger partial charge in [0.05, 0.1) is 19.4 Å². The van der Waals surface area contributed by atoms with Gasteiger partial charge in [0.25, 0.3) is 0 Å². The monoisotopic (exact) mass is 260 g/mol. The Hall–Kier alpha value is -2.17. The molecule has 0 aliphatic rings. The lowest BCUT2D eigenvalue weighted by molar-refractivity contribution is 0.501. The van der Waals surface area contributed by atoms with Crippen molar-refractivity contribution in [2.75, 3.05) is 6.54 Å². The van der Waals surface area contributed by atoms with Crippen LogP contribution in [0.15, 0.2) is 46.3 Å². The number of aromatic nitrogens is 1. The van der Waals surface area contributed by atoms with E-state index in [-0.39, 0.29) is 0 Å². The normalized spacial score (nSPS) is 11.6. The van der Waals surface area contributed by atoms with Crippen LogP contribution in [-0.2, 0) is 20.1 Å². The van der Waals surface area contributed by atoms with E-state index in [0.717, 1.165) is 18.3 Å². The molecule has 2 rings (SSSR count). The first kappa shape index (κ1) is 13.3. The third kappa shape index (κ3) is 4.21. The van der Waals surface area contributed by atoms with Crippen molar-refractivity contribution >= 4 is 5.96 Å². The first-order chi connectivity index (χ1) is 9.28. The Morgan fingerprint density at radius 1 is 1.37 bits per heavy atom. The predicted octanol–water partition coefficient (Wildman–Crippen LogP) is 1.87. The minimum Gasteiger partial charge on any atom is -0.467 e. The van der Waals surface area contributed by atoms with E-state index in [2.05, 4.69) is 27.9 Å². The van der Waals surface area contributed by atoms with Crippen molar-refractivity contribution in [1.29, 1.82) is 0 Å². The van der Waals surface area contributed by atoms with E-state index in [1.165, 1.54) is 5.56 Å². The van der Waals surface area contributed by atoms with Crippen LogP contribution in [0.2, 0.25) is 0 Å². The highest BCUT2D eigenvalue weighted by molar-refractivity contribution is 5.79. The number of nitrogens with one attached hydrogen (secondary N) is 2. The molecule has 0 amide bonds. The van der Waals surface area contributed by atoms with Crippen molar-refractivity contribution in [3.05, 3.63) is 48.2 Å². The highest BCUT2D eigenvalue weighted by Crippen LogP contribution is 2.02. The topological polar surface area (TPSA) is 54.5 Å². The number of hydrogen-bond donors (Lipinski definition) is 2. The van der Waals surface area contributed by atoms with Gasteiger partial charge in [0, 0.05) is 26.0 Å². The van der Waals surface area contributed by atoms with Gasteiger partial charge in [0.1, 0.15) is 5.76 Å². The molecule has 0 spiro atoms. The lowest BCUT2D eigenvalue weighted by Gasteiger charge is -2.09. The summed E-state index contributed by atoms with van der Waals surface area (Å²) in [6, 6.07) is 5.89. The molecular weight excluding hydrogens is 240 g/mol. The molecule has 0 fully saturated rings. The summed E-state index contributed by atoms with van der Waals surface area (Å²) in [4.78, 5) is 4.54. The second-order valence-corrected chi connectivity index (χ2v) is 4.31. The van der Waals surface area contributed by atoms with Crippen molar-refractivity contribution < 1.29 is 4.42 Å². The Labute approximate surface area is 113 Å². The maximum Gasteiger partial charge on any atom is 0.191 e. The third-order valence-electron chi connectivity index (χ3n) is 2.67. The molecule has 0 bridgehead atoms. The minimum atomic E-state index is 0.633. The van der Waals surface area contributed by atoms with E-state index in [1.54, 1.807) is 6.26 Å². The van der Waals surface area contributed by atoms with Crippen LogP contribution >= 0.6 is 0 Å². The van der Waals surface area contributed by atoms with Crippen molar-refractivity contribution in [1.82, 2.24) is 15.2 Å². The molecule has 0 radical (unpaired) electrons. The molecule has 5 nitrogen and oxygen atoms in total. The van der Waals surface area contributed by atoms with Gasteiger partial charge in [-0.15, -0.1) is 0 Å². The number of aliphatic imine (C=N–C) groups is 1. The molecule has 2 N–H and O–H groups in total. The Morgan fingerprint density at radius 3 is 2.89 bits per heavy atom. The zero-order valence-electron chi connectivity index (χ0n) is 11.4. The van der Waals surface area contributed by atoms with Gasteiger partial charge in [-0.1, -0.05) is 0 Å². The maximum atomic E-state index is 5.28.